The number of fused-ring (bicyclic) bond motifs is 1. The number of hydrogen-bond acceptors (Lipinski definition) is 1. The number of benzene rings is 3. The van der Waals surface area contributed by atoms with Crippen LogP contribution < -0.4 is 0 Å². The van der Waals surface area contributed by atoms with Crippen LogP contribution in [0, 0.1) is 0 Å². The molecule has 3 aromatic carbocycles. The van der Waals surface area contributed by atoms with E-state index in [-0.39, 0.29) is 23.9 Å². The highest BCUT2D eigenvalue weighted by molar-refractivity contribution is 5.90. The minimum absolute atomic E-state index is 0.145. The summed E-state index contributed by atoms with van der Waals surface area (Å²) in [7, 11) is 0. The van der Waals surface area contributed by atoms with Crippen molar-refractivity contribution in [3.8, 4) is 11.1 Å². The largest absolute Gasteiger partial charge is 0.337 e. The minimum Gasteiger partial charge on any atom is -0.337 e. The van der Waals surface area contributed by atoms with Gasteiger partial charge in [-0.2, -0.15) is 0 Å². The van der Waals surface area contributed by atoms with Crippen LogP contribution in [0.2, 0.25) is 0 Å². The van der Waals surface area contributed by atoms with E-state index in [1.165, 1.54) is 21.9 Å². The second-order valence-electron chi connectivity index (χ2n) is 7.84. The Bertz CT molecular complexity index is 919. The van der Waals surface area contributed by atoms with Crippen LogP contribution in [0.5, 0.6) is 0 Å². The first-order chi connectivity index (χ1) is 12.9. The van der Waals surface area contributed by atoms with Crippen LogP contribution in [0.4, 0.5) is 0 Å². The quantitative estimate of drug-likeness (QED) is 0.527. The van der Waals surface area contributed by atoms with E-state index in [1.54, 1.807) is 0 Å². The lowest BCUT2D eigenvalue weighted by molar-refractivity contribution is -0.136. The Morgan fingerprint density at radius 1 is 0.704 bits per heavy atom. The van der Waals surface area contributed by atoms with E-state index in [2.05, 4.69) is 88.4 Å². The molecular formula is C25H29NO. The number of nitrogens with zero attached hydrogens (tertiary/aromatic N) is 1. The average molecular weight is 360 g/mol. The van der Waals surface area contributed by atoms with E-state index in [0.717, 1.165) is 5.56 Å². The molecule has 0 heterocycles. The molecule has 0 saturated heterocycles. The summed E-state index contributed by atoms with van der Waals surface area (Å²) in [6.07, 6.45) is 0. The molecule has 1 unspecified atom stereocenters. The van der Waals surface area contributed by atoms with Gasteiger partial charge in [0.15, 0.2) is 0 Å². The van der Waals surface area contributed by atoms with E-state index in [0.29, 0.717) is 0 Å². The zero-order chi connectivity index (χ0) is 19.6. The Morgan fingerprint density at radius 3 is 1.93 bits per heavy atom. The second-order valence-corrected chi connectivity index (χ2v) is 7.84. The molecule has 27 heavy (non-hydrogen) atoms. The Kier molecular flexibility index (Phi) is 5.65. The summed E-state index contributed by atoms with van der Waals surface area (Å²) in [5, 5.41) is 2.37. The number of amides is 1. The standard InChI is InChI=1S/C25H29NO/c1-17(2)26(18(3)4)25(27)19(5)21-11-12-24-16-22(13-14-23(24)15-21)20-9-7-6-8-10-20/h6-19H,1-5H3. The fourth-order valence-corrected chi connectivity index (χ4v) is 3.82. The summed E-state index contributed by atoms with van der Waals surface area (Å²) in [4.78, 5) is 15.0. The van der Waals surface area contributed by atoms with Crippen molar-refractivity contribution in [2.45, 2.75) is 52.6 Å². The van der Waals surface area contributed by atoms with Crippen LogP contribution >= 0.6 is 0 Å². The van der Waals surface area contributed by atoms with Crippen LogP contribution in [0.1, 0.15) is 46.1 Å². The van der Waals surface area contributed by atoms with Gasteiger partial charge in [-0.05, 0) is 68.1 Å². The second kappa shape index (κ2) is 7.96. The highest BCUT2D eigenvalue weighted by Gasteiger charge is 2.26. The molecule has 2 nitrogen and oxygen atoms in total. The molecule has 3 rings (SSSR count). The summed E-state index contributed by atoms with van der Waals surface area (Å²) >= 11 is 0. The molecule has 0 aliphatic heterocycles. The molecule has 140 valence electrons. The third kappa shape index (κ3) is 4.05. The SMILES string of the molecule is CC(C(=O)N(C(C)C)C(C)C)c1ccc2cc(-c3ccccc3)ccc2c1. The van der Waals surface area contributed by atoms with Crippen LogP contribution in [-0.2, 0) is 4.79 Å². The van der Waals surface area contributed by atoms with Gasteiger partial charge >= 0.3 is 0 Å². The Balaban J connectivity index is 1.91. The number of hydrogen-bond donors (Lipinski definition) is 0. The maximum absolute atomic E-state index is 13.0. The average Bonchev–Trinajstić information content (AvgIpc) is 2.66. The smallest absolute Gasteiger partial charge is 0.230 e. The van der Waals surface area contributed by atoms with Gasteiger partial charge in [0.05, 0.1) is 5.92 Å². The van der Waals surface area contributed by atoms with E-state index < -0.39 is 0 Å². The summed E-state index contributed by atoms with van der Waals surface area (Å²) in [6.45, 7) is 10.3. The molecule has 0 fully saturated rings. The van der Waals surface area contributed by atoms with Crippen molar-refractivity contribution in [2.75, 3.05) is 0 Å². The van der Waals surface area contributed by atoms with Gasteiger partial charge in [0.2, 0.25) is 5.91 Å². The van der Waals surface area contributed by atoms with E-state index in [4.69, 9.17) is 0 Å². The Hall–Kier alpha value is -2.61. The molecule has 0 bridgehead atoms. The fourth-order valence-electron chi connectivity index (χ4n) is 3.82. The molecule has 3 aromatic rings. The van der Waals surface area contributed by atoms with Crippen molar-refractivity contribution in [1.29, 1.82) is 0 Å². The van der Waals surface area contributed by atoms with Crippen LogP contribution in [0.25, 0.3) is 21.9 Å². The van der Waals surface area contributed by atoms with Gasteiger partial charge in [0.25, 0.3) is 0 Å². The van der Waals surface area contributed by atoms with Gasteiger partial charge in [-0.15, -0.1) is 0 Å². The summed E-state index contributed by atoms with van der Waals surface area (Å²) in [5.74, 6) is 0.0493. The Labute approximate surface area is 162 Å². The monoisotopic (exact) mass is 359 g/mol. The van der Waals surface area contributed by atoms with E-state index in [9.17, 15) is 4.79 Å². The van der Waals surface area contributed by atoms with Gasteiger partial charge in [0, 0.05) is 12.1 Å². The molecule has 1 amide bonds. The van der Waals surface area contributed by atoms with Gasteiger partial charge < -0.3 is 4.90 Å². The molecule has 0 aromatic heterocycles. The van der Waals surface area contributed by atoms with Crippen molar-refractivity contribution in [1.82, 2.24) is 4.90 Å². The van der Waals surface area contributed by atoms with Crippen LogP contribution in [-0.4, -0.2) is 22.9 Å². The maximum Gasteiger partial charge on any atom is 0.230 e. The highest BCUT2D eigenvalue weighted by atomic mass is 16.2. The van der Waals surface area contributed by atoms with E-state index in [1.807, 2.05) is 17.9 Å². The molecule has 0 radical (unpaired) electrons. The molecule has 0 N–H and O–H groups in total. The Morgan fingerprint density at radius 2 is 1.30 bits per heavy atom. The third-order valence-electron chi connectivity index (χ3n) is 5.21. The van der Waals surface area contributed by atoms with Crippen molar-refractivity contribution in [2.24, 2.45) is 0 Å². The molecule has 0 saturated carbocycles. The number of rotatable bonds is 5. The summed E-state index contributed by atoms with van der Waals surface area (Å²) in [6, 6.07) is 23.7. The predicted molar refractivity (Wildman–Crippen MR) is 115 cm³/mol. The topological polar surface area (TPSA) is 20.3 Å². The first kappa shape index (κ1) is 19.2. The normalized spacial score (nSPS) is 12.6. The lowest BCUT2D eigenvalue weighted by Gasteiger charge is -2.33. The fraction of sp³-hybridized carbons (Fsp3) is 0.320. The lowest BCUT2D eigenvalue weighted by atomic mass is 9.94. The van der Waals surface area contributed by atoms with Crippen molar-refractivity contribution >= 4 is 16.7 Å². The van der Waals surface area contributed by atoms with Crippen LogP contribution in [0.15, 0.2) is 66.7 Å². The zero-order valence-corrected chi connectivity index (χ0v) is 16.9. The summed E-state index contributed by atoms with van der Waals surface area (Å²) in [5.41, 5.74) is 3.51. The van der Waals surface area contributed by atoms with Gasteiger partial charge in [-0.3, -0.25) is 4.79 Å². The van der Waals surface area contributed by atoms with Crippen LogP contribution in [0.3, 0.4) is 0 Å². The van der Waals surface area contributed by atoms with Crippen molar-refractivity contribution < 1.29 is 4.79 Å². The van der Waals surface area contributed by atoms with Gasteiger partial charge in [-0.1, -0.05) is 60.7 Å². The molecule has 1 atom stereocenters. The van der Waals surface area contributed by atoms with E-state index >= 15 is 0 Å². The number of carbonyl (C=O) groups is 1. The first-order valence-electron chi connectivity index (χ1n) is 9.79. The van der Waals surface area contributed by atoms with Gasteiger partial charge in [-0.25, -0.2) is 0 Å². The highest BCUT2D eigenvalue weighted by Crippen LogP contribution is 2.28. The molecule has 0 aliphatic carbocycles. The first-order valence-corrected chi connectivity index (χ1v) is 9.79. The minimum atomic E-state index is -0.145. The van der Waals surface area contributed by atoms with Crippen molar-refractivity contribution in [3.05, 3.63) is 72.3 Å². The molecular weight excluding hydrogens is 330 g/mol. The lowest BCUT2D eigenvalue weighted by Crippen LogP contribution is -2.44. The molecule has 0 aliphatic rings. The molecule has 0 spiro atoms. The third-order valence-corrected chi connectivity index (χ3v) is 5.21. The van der Waals surface area contributed by atoms with Crippen molar-refractivity contribution in [3.63, 3.8) is 0 Å². The maximum atomic E-state index is 13.0. The molecule has 2 heteroatoms. The van der Waals surface area contributed by atoms with Gasteiger partial charge in [0.1, 0.15) is 0 Å². The number of carbonyl (C=O) groups excluding carboxylic acids is 1. The zero-order valence-electron chi connectivity index (χ0n) is 16.9. The summed E-state index contributed by atoms with van der Waals surface area (Å²) < 4.78 is 0. The predicted octanol–water partition coefficient (Wildman–Crippen LogP) is 6.26.